The number of rotatable bonds is 5. The number of nitrogens with zero attached hydrogens (tertiary/aromatic N) is 4. The summed E-state index contributed by atoms with van der Waals surface area (Å²) in [4.78, 5) is 21.0. The molecule has 0 radical (unpaired) electrons. The van der Waals surface area contributed by atoms with Crippen LogP contribution >= 0.6 is 0 Å². The normalized spacial score (nSPS) is 11.2. The number of aryl methyl sites for hydroxylation is 1. The fraction of sp³-hybridized carbons (Fsp3) is 0.238. The number of benzene rings is 1. The molecular weight excluding hydrogens is 371 g/mol. The van der Waals surface area contributed by atoms with E-state index >= 15 is 0 Å². The Hall–Kier alpha value is -3.55. The van der Waals surface area contributed by atoms with Gasteiger partial charge in [0, 0.05) is 40.6 Å². The molecule has 0 atom stereocenters. The highest BCUT2D eigenvalue weighted by molar-refractivity contribution is 5.64. The van der Waals surface area contributed by atoms with Gasteiger partial charge in [-0.05, 0) is 44.5 Å². The number of nitrogens with one attached hydrogen (secondary N) is 2. The molecule has 2 N–H and O–H groups in total. The van der Waals surface area contributed by atoms with Crippen LogP contribution in [0.5, 0.6) is 0 Å². The van der Waals surface area contributed by atoms with Crippen LogP contribution in [0, 0.1) is 19.7 Å². The summed E-state index contributed by atoms with van der Waals surface area (Å²) in [6, 6.07) is 8.09. The fourth-order valence-electron chi connectivity index (χ4n) is 3.35. The van der Waals surface area contributed by atoms with E-state index in [-0.39, 0.29) is 11.4 Å². The Morgan fingerprint density at radius 3 is 2.55 bits per heavy atom. The van der Waals surface area contributed by atoms with E-state index in [1.807, 2.05) is 6.92 Å². The maximum atomic E-state index is 13.2. The first-order valence-corrected chi connectivity index (χ1v) is 9.39. The zero-order valence-electron chi connectivity index (χ0n) is 16.5. The van der Waals surface area contributed by atoms with Crippen LogP contribution in [-0.4, -0.2) is 29.9 Å². The molecule has 0 aliphatic rings. The second kappa shape index (κ2) is 7.46. The molecule has 0 bridgehead atoms. The number of halogens is 1. The highest BCUT2D eigenvalue weighted by Gasteiger charge is 2.16. The Morgan fingerprint density at radius 1 is 1.14 bits per heavy atom. The van der Waals surface area contributed by atoms with Crippen molar-refractivity contribution in [1.29, 1.82) is 0 Å². The van der Waals surface area contributed by atoms with Crippen LogP contribution in [0.25, 0.3) is 17.1 Å². The van der Waals surface area contributed by atoms with Gasteiger partial charge in [0.1, 0.15) is 12.1 Å². The molecule has 3 heterocycles. The largest absolute Gasteiger partial charge is 0.294 e. The van der Waals surface area contributed by atoms with Crippen molar-refractivity contribution in [3.8, 4) is 17.1 Å². The zero-order chi connectivity index (χ0) is 20.5. The van der Waals surface area contributed by atoms with Crippen LogP contribution < -0.4 is 5.56 Å². The van der Waals surface area contributed by atoms with Crippen LogP contribution in [0.15, 0.2) is 41.5 Å². The molecule has 0 aliphatic carbocycles. The lowest BCUT2D eigenvalue weighted by atomic mass is 10.0. The van der Waals surface area contributed by atoms with Crippen molar-refractivity contribution >= 4 is 0 Å². The summed E-state index contributed by atoms with van der Waals surface area (Å²) in [5, 5.41) is 10.6. The van der Waals surface area contributed by atoms with Gasteiger partial charge >= 0.3 is 0 Å². The number of hydrogen-bond donors (Lipinski definition) is 2. The summed E-state index contributed by atoms with van der Waals surface area (Å²) in [5.74, 6) is 0.216. The summed E-state index contributed by atoms with van der Waals surface area (Å²) in [5.41, 5.74) is 5.76. The number of aromatic amines is 2. The predicted octanol–water partition coefficient (Wildman–Crippen LogP) is 3.25. The minimum absolute atomic E-state index is 0.124. The van der Waals surface area contributed by atoms with Crippen molar-refractivity contribution in [2.45, 2.75) is 33.6 Å². The van der Waals surface area contributed by atoms with Crippen molar-refractivity contribution in [3.63, 3.8) is 0 Å². The smallest absolute Gasteiger partial charge is 0.275 e. The molecule has 4 aromatic rings. The lowest BCUT2D eigenvalue weighted by Gasteiger charge is -2.06. The maximum absolute atomic E-state index is 13.2. The lowest BCUT2D eigenvalue weighted by Crippen LogP contribution is -2.17. The molecule has 0 unspecified atom stereocenters. The molecule has 8 heteroatoms. The summed E-state index contributed by atoms with van der Waals surface area (Å²) < 4.78 is 14.7. The van der Waals surface area contributed by atoms with E-state index in [1.54, 1.807) is 25.1 Å². The molecule has 0 spiro atoms. The highest BCUT2D eigenvalue weighted by Crippen LogP contribution is 2.26. The first-order chi connectivity index (χ1) is 14.0. The molecule has 29 heavy (non-hydrogen) atoms. The third kappa shape index (κ3) is 3.49. The van der Waals surface area contributed by atoms with Crippen LogP contribution in [0.1, 0.15) is 35.1 Å². The summed E-state index contributed by atoms with van der Waals surface area (Å²) >= 11 is 0. The van der Waals surface area contributed by atoms with E-state index in [1.165, 1.54) is 23.1 Å². The van der Waals surface area contributed by atoms with E-state index in [4.69, 9.17) is 0 Å². The van der Waals surface area contributed by atoms with Gasteiger partial charge in [0.05, 0.1) is 11.4 Å². The van der Waals surface area contributed by atoms with E-state index in [0.29, 0.717) is 17.8 Å². The molecule has 0 saturated heterocycles. The van der Waals surface area contributed by atoms with Gasteiger partial charge in [0.2, 0.25) is 0 Å². The fourth-order valence-corrected chi connectivity index (χ4v) is 3.35. The standard InChI is InChI=1S/C21H21FN6O/c1-4-17-18(25-26-20(17)14-5-7-15(22)8-6-14)9-16-10-19(24-11-23-16)28-21(29)12(2)13(3)27-28/h5-8,10-11,27H,4,9H2,1-3H3,(H,25,26). The Kier molecular flexibility index (Phi) is 4.84. The molecule has 148 valence electrons. The number of aromatic nitrogens is 6. The van der Waals surface area contributed by atoms with Gasteiger partial charge in [-0.3, -0.25) is 15.0 Å². The summed E-state index contributed by atoms with van der Waals surface area (Å²) in [6.07, 6.45) is 2.73. The lowest BCUT2D eigenvalue weighted by molar-refractivity contribution is 0.628. The third-order valence-electron chi connectivity index (χ3n) is 5.09. The van der Waals surface area contributed by atoms with Gasteiger partial charge in [0.15, 0.2) is 5.82 Å². The number of H-pyrrole nitrogens is 2. The average Bonchev–Trinajstić information content (AvgIpc) is 3.24. The molecule has 0 aliphatic heterocycles. The SMILES string of the molecule is CCc1c(-c2ccc(F)cc2)n[nH]c1Cc1cc(-n2[nH]c(C)c(C)c2=O)ncn1. The van der Waals surface area contributed by atoms with Gasteiger partial charge in [-0.2, -0.15) is 5.10 Å². The Bertz CT molecular complexity index is 1220. The zero-order valence-corrected chi connectivity index (χ0v) is 16.5. The minimum atomic E-state index is -0.277. The molecule has 4 rings (SSSR count). The minimum Gasteiger partial charge on any atom is -0.294 e. The summed E-state index contributed by atoms with van der Waals surface area (Å²) in [7, 11) is 0. The first-order valence-electron chi connectivity index (χ1n) is 9.39. The Morgan fingerprint density at radius 2 is 1.90 bits per heavy atom. The monoisotopic (exact) mass is 392 g/mol. The van der Waals surface area contributed by atoms with E-state index < -0.39 is 0 Å². The third-order valence-corrected chi connectivity index (χ3v) is 5.09. The van der Waals surface area contributed by atoms with E-state index in [2.05, 4.69) is 32.2 Å². The molecule has 0 amide bonds. The van der Waals surface area contributed by atoms with Crippen molar-refractivity contribution in [2.75, 3.05) is 0 Å². The van der Waals surface area contributed by atoms with Gasteiger partial charge < -0.3 is 0 Å². The van der Waals surface area contributed by atoms with Gasteiger partial charge in [-0.15, -0.1) is 0 Å². The van der Waals surface area contributed by atoms with Crippen molar-refractivity contribution < 1.29 is 4.39 Å². The number of hydrogen-bond acceptors (Lipinski definition) is 4. The molecule has 0 fully saturated rings. The average molecular weight is 392 g/mol. The Balaban J connectivity index is 1.67. The molecule has 1 aromatic carbocycles. The van der Waals surface area contributed by atoms with Crippen LogP contribution in [-0.2, 0) is 12.8 Å². The van der Waals surface area contributed by atoms with Gasteiger partial charge in [-0.25, -0.2) is 19.0 Å². The molecule has 7 nitrogen and oxygen atoms in total. The van der Waals surface area contributed by atoms with Crippen molar-refractivity contribution in [1.82, 2.24) is 29.9 Å². The van der Waals surface area contributed by atoms with E-state index in [0.717, 1.165) is 40.3 Å². The quantitative estimate of drug-likeness (QED) is 0.545. The highest BCUT2D eigenvalue weighted by atomic mass is 19.1. The van der Waals surface area contributed by atoms with Gasteiger partial charge in [-0.1, -0.05) is 6.92 Å². The van der Waals surface area contributed by atoms with Crippen LogP contribution in [0.3, 0.4) is 0 Å². The first kappa shape index (κ1) is 18.8. The predicted molar refractivity (Wildman–Crippen MR) is 108 cm³/mol. The van der Waals surface area contributed by atoms with E-state index in [9.17, 15) is 9.18 Å². The maximum Gasteiger partial charge on any atom is 0.275 e. The topological polar surface area (TPSA) is 92.2 Å². The van der Waals surface area contributed by atoms with Crippen LogP contribution in [0.2, 0.25) is 0 Å². The van der Waals surface area contributed by atoms with Gasteiger partial charge in [0.25, 0.3) is 5.56 Å². The molecule has 0 saturated carbocycles. The molecular formula is C21H21FN6O. The van der Waals surface area contributed by atoms with Crippen molar-refractivity contribution in [3.05, 3.63) is 81.0 Å². The van der Waals surface area contributed by atoms with Crippen molar-refractivity contribution in [2.24, 2.45) is 0 Å². The second-order valence-corrected chi connectivity index (χ2v) is 6.94. The molecule has 3 aromatic heterocycles. The van der Waals surface area contributed by atoms with Crippen LogP contribution in [0.4, 0.5) is 4.39 Å². The Labute approximate surface area is 166 Å². The second-order valence-electron chi connectivity index (χ2n) is 6.94. The summed E-state index contributed by atoms with van der Waals surface area (Å²) in [6.45, 7) is 5.68.